The van der Waals surface area contributed by atoms with Crippen LogP contribution in [0.5, 0.6) is 5.75 Å². The van der Waals surface area contributed by atoms with E-state index in [4.69, 9.17) is 9.47 Å². The second-order valence-electron chi connectivity index (χ2n) is 6.76. The molecule has 0 saturated carbocycles. The van der Waals surface area contributed by atoms with E-state index in [1.54, 1.807) is 38.1 Å². The van der Waals surface area contributed by atoms with E-state index in [1.165, 1.54) is 24.3 Å². The number of nitrogens with one attached hydrogen (secondary N) is 1. The van der Waals surface area contributed by atoms with Crippen LogP contribution in [0.4, 0.5) is 11.4 Å². The summed E-state index contributed by atoms with van der Waals surface area (Å²) < 4.78 is 11.5. The second kappa shape index (κ2) is 10.2. The molecule has 1 N–H and O–H groups in total. The van der Waals surface area contributed by atoms with Gasteiger partial charge in [-0.2, -0.15) is 9.78 Å². The van der Waals surface area contributed by atoms with Gasteiger partial charge in [0.15, 0.2) is 12.4 Å². The average molecular weight is 452 g/mol. The Hall–Kier alpha value is -4.54. The number of nitrogens with zero attached hydrogens (tertiary/aromatic N) is 3. The number of rotatable bonds is 8. The Morgan fingerprint density at radius 2 is 1.85 bits per heavy atom. The monoisotopic (exact) mass is 452 g/mol. The molecule has 3 aromatic rings. The lowest BCUT2D eigenvalue weighted by Crippen LogP contribution is -2.27. The highest BCUT2D eigenvalue weighted by Crippen LogP contribution is 2.19. The standard InChI is InChI=1S/C22H20N4O7/c1-3-32-22(29)21-18(12-20(28)25(24-21)17-7-5-4-6-14(17)2)33-13-19(27)23-15-8-10-16(11-9-15)26(30)31/h4-12H,3,13H2,1-2H3,(H,23,27). The minimum Gasteiger partial charge on any atom is -0.481 e. The van der Waals surface area contributed by atoms with Crippen molar-refractivity contribution < 1.29 is 24.0 Å². The highest BCUT2D eigenvalue weighted by Gasteiger charge is 2.21. The Labute approximate surface area is 187 Å². The average Bonchev–Trinajstić information content (AvgIpc) is 2.79. The topological polar surface area (TPSA) is 143 Å². The second-order valence-corrected chi connectivity index (χ2v) is 6.76. The van der Waals surface area contributed by atoms with Gasteiger partial charge in [0.2, 0.25) is 5.69 Å². The van der Waals surface area contributed by atoms with Crippen LogP contribution in [0.3, 0.4) is 0 Å². The largest absolute Gasteiger partial charge is 0.481 e. The van der Waals surface area contributed by atoms with E-state index in [-0.39, 0.29) is 23.7 Å². The fourth-order valence-electron chi connectivity index (χ4n) is 2.87. The molecule has 170 valence electrons. The van der Waals surface area contributed by atoms with Gasteiger partial charge in [-0.1, -0.05) is 18.2 Å². The van der Waals surface area contributed by atoms with Crippen LogP contribution in [0.25, 0.3) is 5.69 Å². The molecule has 11 heteroatoms. The van der Waals surface area contributed by atoms with E-state index in [0.717, 1.165) is 16.3 Å². The number of esters is 1. The maximum atomic E-state index is 12.7. The van der Waals surface area contributed by atoms with Gasteiger partial charge in [-0.25, -0.2) is 4.79 Å². The summed E-state index contributed by atoms with van der Waals surface area (Å²) in [7, 11) is 0. The van der Waals surface area contributed by atoms with Crippen molar-refractivity contribution in [3.63, 3.8) is 0 Å². The van der Waals surface area contributed by atoms with E-state index in [9.17, 15) is 24.5 Å². The van der Waals surface area contributed by atoms with Crippen LogP contribution >= 0.6 is 0 Å². The number of carbonyl (C=O) groups excluding carboxylic acids is 2. The molecule has 0 fully saturated rings. The van der Waals surface area contributed by atoms with Crippen molar-refractivity contribution >= 4 is 23.3 Å². The Kier molecular flexibility index (Phi) is 7.13. The zero-order chi connectivity index (χ0) is 24.0. The number of aryl methyl sites for hydroxylation is 1. The SMILES string of the molecule is CCOC(=O)c1nn(-c2ccccc2C)c(=O)cc1OCC(=O)Nc1ccc([N+](=O)[O-])cc1. The fraction of sp³-hybridized carbons (Fsp3) is 0.182. The summed E-state index contributed by atoms with van der Waals surface area (Å²) in [5, 5.41) is 17.3. The summed E-state index contributed by atoms with van der Waals surface area (Å²) >= 11 is 0. The number of nitro groups is 1. The van der Waals surface area contributed by atoms with E-state index >= 15 is 0 Å². The van der Waals surface area contributed by atoms with Crippen molar-refractivity contribution in [3.05, 3.63) is 86.3 Å². The highest BCUT2D eigenvalue weighted by atomic mass is 16.6. The molecule has 11 nitrogen and oxygen atoms in total. The summed E-state index contributed by atoms with van der Waals surface area (Å²) in [5.41, 5.74) is 0.607. The first-order valence-corrected chi connectivity index (χ1v) is 9.84. The van der Waals surface area contributed by atoms with Gasteiger partial charge in [-0.05, 0) is 37.6 Å². The van der Waals surface area contributed by atoms with Crippen molar-refractivity contribution in [2.24, 2.45) is 0 Å². The number of anilines is 1. The van der Waals surface area contributed by atoms with Crippen LogP contribution in [0.2, 0.25) is 0 Å². The lowest BCUT2D eigenvalue weighted by Gasteiger charge is -2.13. The first-order valence-electron chi connectivity index (χ1n) is 9.84. The van der Waals surface area contributed by atoms with E-state index in [1.807, 2.05) is 0 Å². The molecule has 33 heavy (non-hydrogen) atoms. The molecule has 2 aromatic carbocycles. The van der Waals surface area contributed by atoms with Crippen LogP contribution in [-0.2, 0) is 9.53 Å². The minimum absolute atomic E-state index is 0.0735. The van der Waals surface area contributed by atoms with Crippen LogP contribution in [0, 0.1) is 17.0 Å². The number of ether oxygens (including phenoxy) is 2. The number of nitro benzene ring substituents is 1. The quantitative estimate of drug-likeness (QED) is 0.312. The summed E-state index contributed by atoms with van der Waals surface area (Å²) in [6, 6.07) is 13.3. The number of non-ortho nitro benzene ring substituents is 1. The Morgan fingerprint density at radius 1 is 1.15 bits per heavy atom. The maximum absolute atomic E-state index is 12.7. The van der Waals surface area contributed by atoms with Crippen molar-refractivity contribution in [3.8, 4) is 11.4 Å². The zero-order valence-electron chi connectivity index (χ0n) is 17.8. The molecule has 0 unspecified atom stereocenters. The van der Waals surface area contributed by atoms with Crippen molar-refractivity contribution in [2.75, 3.05) is 18.5 Å². The summed E-state index contributed by atoms with van der Waals surface area (Å²) in [6.07, 6.45) is 0. The van der Waals surface area contributed by atoms with Gasteiger partial charge in [-0.3, -0.25) is 19.7 Å². The predicted octanol–water partition coefficient (Wildman–Crippen LogP) is 2.64. The van der Waals surface area contributed by atoms with E-state index < -0.39 is 29.0 Å². The highest BCUT2D eigenvalue weighted by molar-refractivity contribution is 5.93. The van der Waals surface area contributed by atoms with Gasteiger partial charge >= 0.3 is 5.97 Å². The minimum atomic E-state index is -0.814. The van der Waals surface area contributed by atoms with Crippen molar-refractivity contribution in [1.82, 2.24) is 9.78 Å². The third-order valence-electron chi connectivity index (χ3n) is 4.43. The molecule has 0 saturated heterocycles. The van der Waals surface area contributed by atoms with Crippen molar-refractivity contribution in [1.29, 1.82) is 0 Å². The Bertz CT molecular complexity index is 1250. The predicted molar refractivity (Wildman–Crippen MR) is 118 cm³/mol. The van der Waals surface area contributed by atoms with Crippen LogP contribution in [0.1, 0.15) is 23.0 Å². The molecule has 1 amide bonds. The molecule has 0 aliphatic heterocycles. The van der Waals surface area contributed by atoms with Crippen LogP contribution < -0.4 is 15.6 Å². The molecular weight excluding hydrogens is 432 g/mol. The smallest absolute Gasteiger partial charge is 0.362 e. The molecule has 0 aliphatic rings. The molecule has 0 aliphatic carbocycles. The third-order valence-corrected chi connectivity index (χ3v) is 4.43. The van der Waals surface area contributed by atoms with Gasteiger partial charge in [-0.15, -0.1) is 0 Å². The molecule has 0 bridgehead atoms. The normalized spacial score (nSPS) is 10.4. The molecule has 3 rings (SSSR count). The first-order chi connectivity index (χ1) is 15.8. The summed E-state index contributed by atoms with van der Waals surface area (Å²) in [5.74, 6) is -1.63. The maximum Gasteiger partial charge on any atom is 0.362 e. The molecular formula is C22H20N4O7. The summed E-state index contributed by atoms with van der Waals surface area (Å²) in [4.78, 5) is 47.5. The molecule has 0 spiro atoms. The first kappa shape index (κ1) is 23.1. The lowest BCUT2D eigenvalue weighted by molar-refractivity contribution is -0.384. The number of hydrogen-bond donors (Lipinski definition) is 1. The van der Waals surface area contributed by atoms with Gasteiger partial charge in [0.05, 0.1) is 23.3 Å². The van der Waals surface area contributed by atoms with Crippen LogP contribution in [-0.4, -0.2) is 39.8 Å². The number of aromatic nitrogens is 2. The molecule has 1 aromatic heterocycles. The molecule has 1 heterocycles. The van der Waals surface area contributed by atoms with E-state index in [2.05, 4.69) is 10.4 Å². The zero-order valence-corrected chi connectivity index (χ0v) is 17.8. The number of carbonyl (C=O) groups is 2. The third kappa shape index (κ3) is 5.58. The van der Waals surface area contributed by atoms with Crippen LogP contribution in [0.15, 0.2) is 59.4 Å². The summed E-state index contributed by atoms with van der Waals surface area (Å²) in [6.45, 7) is 2.94. The lowest BCUT2D eigenvalue weighted by atomic mass is 10.2. The van der Waals surface area contributed by atoms with Gasteiger partial charge in [0.25, 0.3) is 17.2 Å². The molecule has 0 atom stereocenters. The van der Waals surface area contributed by atoms with Gasteiger partial charge in [0.1, 0.15) is 0 Å². The number of hydrogen-bond acceptors (Lipinski definition) is 8. The van der Waals surface area contributed by atoms with E-state index in [0.29, 0.717) is 11.4 Å². The van der Waals surface area contributed by atoms with Gasteiger partial charge < -0.3 is 14.8 Å². The molecule has 0 radical (unpaired) electrons. The van der Waals surface area contributed by atoms with Gasteiger partial charge in [0, 0.05) is 17.8 Å². The Morgan fingerprint density at radius 3 is 2.48 bits per heavy atom. The fourth-order valence-corrected chi connectivity index (χ4v) is 2.87. The Balaban J connectivity index is 1.82. The number of para-hydroxylation sites is 1. The van der Waals surface area contributed by atoms with Crippen molar-refractivity contribution in [2.45, 2.75) is 13.8 Å². The number of amides is 1. The number of benzene rings is 2.